The number of halogens is 4. The van der Waals surface area contributed by atoms with Gasteiger partial charge in [0, 0.05) is 16.5 Å². The maximum atomic E-state index is 14.8. The molecule has 0 aliphatic rings. The molecule has 172 valence electrons. The number of unbranched alkanes of at least 4 members (excludes halogenated alkanes) is 3. The van der Waals surface area contributed by atoms with Gasteiger partial charge < -0.3 is 0 Å². The van der Waals surface area contributed by atoms with E-state index in [2.05, 4.69) is 18.8 Å². The molecule has 0 spiro atoms. The van der Waals surface area contributed by atoms with Gasteiger partial charge in [0.1, 0.15) is 11.6 Å². The topological polar surface area (TPSA) is 0 Å². The lowest BCUT2D eigenvalue weighted by Gasteiger charge is -2.07. The van der Waals surface area contributed by atoms with Crippen molar-refractivity contribution >= 4 is 10.8 Å². The van der Waals surface area contributed by atoms with Crippen LogP contribution >= 0.6 is 0 Å². The minimum atomic E-state index is -0.924. The molecule has 4 aromatic rings. The predicted molar refractivity (Wildman–Crippen MR) is 129 cm³/mol. The van der Waals surface area contributed by atoms with E-state index < -0.39 is 17.5 Å². The highest BCUT2D eigenvalue weighted by Crippen LogP contribution is 2.29. The van der Waals surface area contributed by atoms with Crippen molar-refractivity contribution in [2.75, 3.05) is 0 Å². The van der Waals surface area contributed by atoms with E-state index in [9.17, 15) is 17.6 Å². The third-order valence-corrected chi connectivity index (χ3v) is 5.88. The Morgan fingerprint density at radius 1 is 0.676 bits per heavy atom. The van der Waals surface area contributed by atoms with E-state index in [0.717, 1.165) is 37.3 Å². The van der Waals surface area contributed by atoms with Crippen molar-refractivity contribution in [2.24, 2.45) is 0 Å². The lowest BCUT2D eigenvalue weighted by molar-refractivity contribution is 0.517. The molecule has 0 radical (unpaired) electrons. The molecule has 0 N–H and O–H groups in total. The van der Waals surface area contributed by atoms with Crippen molar-refractivity contribution in [3.63, 3.8) is 0 Å². The maximum Gasteiger partial charge on any atom is 0.166 e. The van der Waals surface area contributed by atoms with Gasteiger partial charge in [-0.3, -0.25) is 0 Å². The van der Waals surface area contributed by atoms with Crippen LogP contribution in [0.25, 0.3) is 21.9 Å². The Labute approximate surface area is 197 Å². The number of hydrogen-bond acceptors (Lipinski definition) is 0. The highest BCUT2D eigenvalue weighted by atomic mass is 19.2. The largest absolute Gasteiger partial charge is 0.206 e. The van der Waals surface area contributed by atoms with Gasteiger partial charge in [-0.15, -0.1) is 0 Å². The zero-order chi connectivity index (χ0) is 24.1. The molecule has 0 heterocycles. The molecule has 0 fully saturated rings. The van der Waals surface area contributed by atoms with Gasteiger partial charge in [-0.2, -0.15) is 0 Å². The monoisotopic (exact) mass is 460 g/mol. The summed E-state index contributed by atoms with van der Waals surface area (Å²) in [5.41, 5.74) is 2.49. The van der Waals surface area contributed by atoms with Crippen molar-refractivity contribution in [1.29, 1.82) is 0 Å². The van der Waals surface area contributed by atoms with Crippen molar-refractivity contribution in [1.82, 2.24) is 0 Å². The van der Waals surface area contributed by atoms with Gasteiger partial charge in [0.25, 0.3) is 0 Å². The Morgan fingerprint density at radius 3 is 2.29 bits per heavy atom. The number of aryl methyl sites for hydroxylation is 1. The van der Waals surface area contributed by atoms with Gasteiger partial charge in [-0.05, 0) is 65.8 Å². The molecule has 0 bridgehead atoms. The van der Waals surface area contributed by atoms with Crippen LogP contribution in [0.1, 0.15) is 49.3 Å². The minimum absolute atomic E-state index is 0.139. The second-order valence-electron chi connectivity index (χ2n) is 8.37. The van der Waals surface area contributed by atoms with E-state index >= 15 is 0 Å². The Kier molecular flexibility index (Phi) is 7.33. The standard InChI is InChI=1S/C30H24F4/c1-2-3-4-5-6-20-7-10-22(28(32)17-20)11-8-21-9-14-25(29(33)18-21)23-12-15-26-24(19-23)13-16-27(31)30(26)34/h7,9-10,12-19H,2-6H2,1H3. The fourth-order valence-electron chi connectivity index (χ4n) is 3.97. The van der Waals surface area contributed by atoms with E-state index in [0.29, 0.717) is 22.1 Å². The molecule has 0 atom stereocenters. The third kappa shape index (κ3) is 5.31. The molecular formula is C30H24F4. The molecule has 0 aromatic heterocycles. The first-order chi connectivity index (χ1) is 16.5. The lowest BCUT2D eigenvalue weighted by atomic mass is 9.99. The average Bonchev–Trinajstić information content (AvgIpc) is 2.83. The molecule has 4 heteroatoms. The fraction of sp³-hybridized carbons (Fsp3) is 0.200. The first-order valence-corrected chi connectivity index (χ1v) is 11.4. The highest BCUT2D eigenvalue weighted by Gasteiger charge is 2.11. The number of rotatable bonds is 6. The lowest BCUT2D eigenvalue weighted by Crippen LogP contribution is -1.91. The summed E-state index contributed by atoms with van der Waals surface area (Å²) < 4.78 is 56.6. The second-order valence-corrected chi connectivity index (χ2v) is 8.37. The summed E-state index contributed by atoms with van der Waals surface area (Å²) in [6.07, 6.45) is 5.35. The zero-order valence-electron chi connectivity index (χ0n) is 18.9. The van der Waals surface area contributed by atoms with Gasteiger partial charge in [-0.1, -0.05) is 68.4 Å². The van der Waals surface area contributed by atoms with Gasteiger partial charge in [0.15, 0.2) is 11.6 Å². The Balaban J connectivity index is 1.53. The van der Waals surface area contributed by atoms with Crippen LogP contribution in [0, 0.1) is 35.1 Å². The Bertz CT molecular complexity index is 1390. The molecule has 0 unspecified atom stereocenters. The maximum absolute atomic E-state index is 14.8. The summed E-state index contributed by atoms with van der Waals surface area (Å²) in [4.78, 5) is 0. The molecule has 0 aliphatic heterocycles. The smallest absolute Gasteiger partial charge is 0.166 e. The van der Waals surface area contributed by atoms with Gasteiger partial charge in [-0.25, -0.2) is 17.6 Å². The third-order valence-electron chi connectivity index (χ3n) is 5.88. The first kappa shape index (κ1) is 23.6. The van der Waals surface area contributed by atoms with Crippen LogP contribution in [-0.4, -0.2) is 0 Å². The van der Waals surface area contributed by atoms with Crippen molar-refractivity contribution in [2.45, 2.75) is 39.0 Å². The van der Waals surface area contributed by atoms with Gasteiger partial charge >= 0.3 is 0 Å². The van der Waals surface area contributed by atoms with E-state index in [1.54, 1.807) is 30.3 Å². The molecular weight excluding hydrogens is 436 g/mol. The zero-order valence-corrected chi connectivity index (χ0v) is 18.9. The number of fused-ring (bicyclic) bond motifs is 1. The molecule has 0 saturated carbocycles. The summed E-state index contributed by atoms with van der Waals surface area (Å²) in [6.45, 7) is 2.15. The number of benzene rings is 4. The van der Waals surface area contributed by atoms with E-state index in [4.69, 9.17) is 0 Å². The fourth-order valence-corrected chi connectivity index (χ4v) is 3.97. The summed E-state index contributed by atoms with van der Waals surface area (Å²) in [5, 5.41) is 0.615. The normalized spacial score (nSPS) is 10.9. The SMILES string of the molecule is CCCCCCc1ccc(C#Cc2ccc(-c3ccc4c(F)c(F)ccc4c3)c(F)c2)c(F)c1. The number of hydrogen-bond donors (Lipinski definition) is 0. The van der Waals surface area contributed by atoms with Crippen LogP contribution in [0.3, 0.4) is 0 Å². The van der Waals surface area contributed by atoms with Crippen molar-refractivity contribution in [3.05, 3.63) is 107 Å². The van der Waals surface area contributed by atoms with Crippen LogP contribution in [-0.2, 0) is 6.42 Å². The van der Waals surface area contributed by atoms with Crippen LogP contribution in [0.2, 0.25) is 0 Å². The van der Waals surface area contributed by atoms with Crippen molar-refractivity contribution in [3.8, 4) is 23.0 Å². The molecule has 0 nitrogen and oxygen atoms in total. The molecule has 4 rings (SSSR count). The molecule has 34 heavy (non-hydrogen) atoms. The average molecular weight is 461 g/mol. The van der Waals surface area contributed by atoms with E-state index in [1.165, 1.54) is 30.7 Å². The quantitative estimate of drug-likeness (QED) is 0.154. The van der Waals surface area contributed by atoms with Crippen LogP contribution < -0.4 is 0 Å². The van der Waals surface area contributed by atoms with E-state index in [1.807, 2.05) is 6.07 Å². The van der Waals surface area contributed by atoms with Crippen LogP contribution in [0.15, 0.2) is 66.7 Å². The Hall–Kier alpha value is -3.58. The predicted octanol–water partition coefficient (Wildman–Crippen LogP) is 8.59. The second kappa shape index (κ2) is 10.6. The van der Waals surface area contributed by atoms with Gasteiger partial charge in [0.2, 0.25) is 0 Å². The summed E-state index contributed by atoms with van der Waals surface area (Å²) >= 11 is 0. The molecule has 0 aliphatic carbocycles. The van der Waals surface area contributed by atoms with Crippen molar-refractivity contribution < 1.29 is 17.6 Å². The summed E-state index contributed by atoms with van der Waals surface area (Å²) in [5.74, 6) is 2.88. The van der Waals surface area contributed by atoms with E-state index in [-0.39, 0.29) is 16.8 Å². The van der Waals surface area contributed by atoms with Crippen LogP contribution in [0.4, 0.5) is 17.6 Å². The highest BCUT2D eigenvalue weighted by molar-refractivity contribution is 5.88. The summed E-state index contributed by atoms with van der Waals surface area (Å²) in [7, 11) is 0. The molecule has 0 amide bonds. The first-order valence-electron chi connectivity index (χ1n) is 11.4. The van der Waals surface area contributed by atoms with Crippen LogP contribution in [0.5, 0.6) is 0 Å². The molecule has 4 aromatic carbocycles. The summed E-state index contributed by atoms with van der Waals surface area (Å²) in [6, 6.07) is 16.7. The van der Waals surface area contributed by atoms with Gasteiger partial charge in [0.05, 0.1) is 5.56 Å². The Morgan fingerprint density at radius 2 is 1.53 bits per heavy atom. The molecule has 0 saturated heterocycles. The minimum Gasteiger partial charge on any atom is -0.206 e.